The maximum absolute atomic E-state index is 13.2. The number of ether oxygens (including phenoxy) is 1. The van der Waals surface area contributed by atoms with Crippen LogP contribution < -0.4 is 15.0 Å². The van der Waals surface area contributed by atoms with Crippen LogP contribution in [0.3, 0.4) is 0 Å². The zero-order chi connectivity index (χ0) is 19.5. The molecule has 142 valence electrons. The minimum atomic E-state index is -0.101. The van der Waals surface area contributed by atoms with Crippen LogP contribution in [0.15, 0.2) is 54.6 Å². The van der Waals surface area contributed by atoms with Gasteiger partial charge in [-0.25, -0.2) is 9.97 Å². The molecule has 0 fully saturated rings. The van der Waals surface area contributed by atoms with Crippen LogP contribution >= 0.6 is 0 Å². The number of carbonyl (C=O) groups excluding carboxylic acids is 1. The number of para-hydroxylation sites is 1. The maximum Gasteiger partial charge on any atom is 0.277 e. The summed E-state index contributed by atoms with van der Waals surface area (Å²) in [5.41, 5.74) is 3.42. The van der Waals surface area contributed by atoms with Crippen LogP contribution in [0.2, 0.25) is 0 Å². The third-order valence-corrected chi connectivity index (χ3v) is 4.77. The van der Waals surface area contributed by atoms with Crippen molar-refractivity contribution in [3.05, 3.63) is 71.7 Å². The second kappa shape index (κ2) is 7.68. The summed E-state index contributed by atoms with van der Waals surface area (Å²) in [5, 5.41) is 3.24. The predicted octanol–water partition coefficient (Wildman–Crippen LogP) is 4.13. The molecular weight excluding hydrogens is 352 g/mol. The Hall–Kier alpha value is -3.41. The molecule has 2 aromatic carbocycles. The number of amides is 1. The molecule has 0 saturated heterocycles. The van der Waals surface area contributed by atoms with E-state index in [0.717, 1.165) is 30.0 Å². The summed E-state index contributed by atoms with van der Waals surface area (Å²) in [5.74, 6) is 1.82. The fourth-order valence-electron chi connectivity index (χ4n) is 3.45. The number of hydrogen-bond acceptors (Lipinski definition) is 5. The number of aromatic nitrogens is 2. The molecular formula is C22H22N4O2. The van der Waals surface area contributed by atoms with Crippen LogP contribution in [0, 0.1) is 6.92 Å². The molecule has 4 rings (SSSR count). The van der Waals surface area contributed by atoms with Gasteiger partial charge in [0.25, 0.3) is 5.91 Å². The normalized spacial score (nSPS) is 13.0. The lowest BCUT2D eigenvalue weighted by atomic mass is 10.0. The van der Waals surface area contributed by atoms with Gasteiger partial charge in [0, 0.05) is 24.0 Å². The van der Waals surface area contributed by atoms with Gasteiger partial charge in [-0.15, -0.1) is 0 Å². The van der Waals surface area contributed by atoms with Crippen molar-refractivity contribution in [2.75, 3.05) is 23.9 Å². The SMILES string of the molecule is COc1ccc(Nc2cc(C(=O)N3CCCc4ccccc43)nc(C)n2)cc1. The number of nitrogens with one attached hydrogen (secondary N) is 1. The summed E-state index contributed by atoms with van der Waals surface area (Å²) in [6.07, 6.45) is 1.94. The largest absolute Gasteiger partial charge is 0.497 e. The summed E-state index contributed by atoms with van der Waals surface area (Å²) < 4.78 is 5.18. The van der Waals surface area contributed by atoms with Gasteiger partial charge in [-0.2, -0.15) is 0 Å². The standard InChI is InChI=1S/C22H22N4O2/c1-15-23-19(14-21(24-15)25-17-9-11-18(28-2)12-10-17)22(27)26-13-5-7-16-6-3-4-8-20(16)26/h3-4,6,8-12,14H,5,7,13H2,1-2H3,(H,23,24,25). The quantitative estimate of drug-likeness (QED) is 0.744. The van der Waals surface area contributed by atoms with Crippen molar-refractivity contribution in [3.63, 3.8) is 0 Å². The van der Waals surface area contributed by atoms with Crippen LogP contribution in [0.4, 0.5) is 17.2 Å². The number of carbonyl (C=O) groups is 1. The molecule has 0 spiro atoms. The van der Waals surface area contributed by atoms with Crippen LogP contribution in [0.25, 0.3) is 0 Å². The molecule has 0 radical (unpaired) electrons. The lowest BCUT2D eigenvalue weighted by Gasteiger charge is -2.29. The Morgan fingerprint density at radius 1 is 1.11 bits per heavy atom. The number of benzene rings is 2. The fourth-order valence-corrected chi connectivity index (χ4v) is 3.45. The summed E-state index contributed by atoms with van der Waals surface area (Å²) in [7, 11) is 1.63. The van der Waals surface area contributed by atoms with Crippen molar-refractivity contribution in [2.45, 2.75) is 19.8 Å². The van der Waals surface area contributed by atoms with Gasteiger partial charge in [0.15, 0.2) is 0 Å². The third-order valence-electron chi connectivity index (χ3n) is 4.77. The molecule has 0 saturated carbocycles. The van der Waals surface area contributed by atoms with E-state index >= 15 is 0 Å². The number of methoxy groups -OCH3 is 1. The molecule has 6 heteroatoms. The predicted molar refractivity (Wildman–Crippen MR) is 109 cm³/mol. The molecule has 1 amide bonds. The molecule has 1 aliphatic rings. The smallest absolute Gasteiger partial charge is 0.277 e. The highest BCUT2D eigenvalue weighted by molar-refractivity contribution is 6.05. The van der Waals surface area contributed by atoms with Crippen LogP contribution in [-0.4, -0.2) is 29.5 Å². The Labute approximate surface area is 164 Å². The fraction of sp³-hybridized carbons (Fsp3) is 0.227. The number of anilines is 3. The average molecular weight is 374 g/mol. The number of fused-ring (bicyclic) bond motifs is 1. The van der Waals surface area contributed by atoms with Gasteiger partial charge >= 0.3 is 0 Å². The number of rotatable bonds is 4. The minimum Gasteiger partial charge on any atom is -0.497 e. The molecule has 0 unspecified atom stereocenters. The highest BCUT2D eigenvalue weighted by Gasteiger charge is 2.24. The van der Waals surface area contributed by atoms with Gasteiger partial charge in [0.1, 0.15) is 23.1 Å². The van der Waals surface area contributed by atoms with E-state index in [9.17, 15) is 4.79 Å². The highest BCUT2D eigenvalue weighted by atomic mass is 16.5. The van der Waals surface area contributed by atoms with Crippen molar-refractivity contribution in [2.24, 2.45) is 0 Å². The summed E-state index contributed by atoms with van der Waals surface area (Å²) in [4.78, 5) is 23.8. The topological polar surface area (TPSA) is 67.3 Å². The van der Waals surface area contributed by atoms with Gasteiger partial charge < -0.3 is 15.0 Å². The van der Waals surface area contributed by atoms with Crippen LogP contribution in [0.1, 0.15) is 28.3 Å². The molecule has 0 aliphatic carbocycles. The highest BCUT2D eigenvalue weighted by Crippen LogP contribution is 2.28. The maximum atomic E-state index is 13.2. The van der Waals surface area contributed by atoms with E-state index in [1.165, 1.54) is 5.56 Å². The summed E-state index contributed by atoms with van der Waals surface area (Å²) >= 11 is 0. The summed E-state index contributed by atoms with van der Waals surface area (Å²) in [6, 6.07) is 17.3. The second-order valence-electron chi connectivity index (χ2n) is 6.73. The molecule has 1 aliphatic heterocycles. The minimum absolute atomic E-state index is 0.101. The first-order valence-electron chi connectivity index (χ1n) is 9.30. The average Bonchev–Trinajstić information content (AvgIpc) is 2.73. The van der Waals surface area contributed by atoms with Gasteiger partial charge in [-0.1, -0.05) is 18.2 Å². The lowest BCUT2D eigenvalue weighted by Crippen LogP contribution is -2.36. The first kappa shape index (κ1) is 18.0. The lowest BCUT2D eigenvalue weighted by molar-refractivity contribution is 0.0980. The van der Waals surface area contributed by atoms with Crippen molar-refractivity contribution < 1.29 is 9.53 Å². The third kappa shape index (κ3) is 3.67. The van der Waals surface area contributed by atoms with E-state index in [-0.39, 0.29) is 5.91 Å². The molecule has 1 aromatic heterocycles. The molecule has 0 bridgehead atoms. The molecule has 2 heterocycles. The Morgan fingerprint density at radius 2 is 1.89 bits per heavy atom. The Morgan fingerprint density at radius 3 is 2.68 bits per heavy atom. The van der Waals surface area contributed by atoms with Crippen LogP contribution in [0.5, 0.6) is 5.75 Å². The van der Waals surface area contributed by atoms with E-state index in [1.807, 2.05) is 47.4 Å². The van der Waals surface area contributed by atoms with E-state index < -0.39 is 0 Å². The Bertz CT molecular complexity index is 1000. The van der Waals surface area contributed by atoms with Crippen molar-refractivity contribution in [1.29, 1.82) is 0 Å². The van der Waals surface area contributed by atoms with E-state index in [4.69, 9.17) is 4.74 Å². The van der Waals surface area contributed by atoms with E-state index in [2.05, 4.69) is 21.4 Å². The molecule has 6 nitrogen and oxygen atoms in total. The van der Waals surface area contributed by atoms with Gasteiger partial charge in [0.05, 0.1) is 7.11 Å². The number of aryl methyl sites for hydroxylation is 2. The molecule has 28 heavy (non-hydrogen) atoms. The summed E-state index contributed by atoms with van der Waals surface area (Å²) in [6.45, 7) is 2.49. The van der Waals surface area contributed by atoms with Crippen molar-refractivity contribution in [3.8, 4) is 5.75 Å². The molecule has 0 atom stereocenters. The zero-order valence-corrected chi connectivity index (χ0v) is 16.0. The molecule has 3 aromatic rings. The molecule has 1 N–H and O–H groups in total. The first-order chi connectivity index (χ1) is 13.6. The Balaban J connectivity index is 1.61. The monoisotopic (exact) mass is 374 g/mol. The first-order valence-corrected chi connectivity index (χ1v) is 9.30. The van der Waals surface area contributed by atoms with Crippen LogP contribution in [-0.2, 0) is 6.42 Å². The van der Waals surface area contributed by atoms with Gasteiger partial charge in [-0.3, -0.25) is 4.79 Å². The van der Waals surface area contributed by atoms with Crippen molar-refractivity contribution >= 4 is 23.1 Å². The van der Waals surface area contributed by atoms with Crippen molar-refractivity contribution in [1.82, 2.24) is 9.97 Å². The number of nitrogens with zero attached hydrogens (tertiary/aromatic N) is 3. The second-order valence-corrected chi connectivity index (χ2v) is 6.73. The van der Waals surface area contributed by atoms with E-state index in [1.54, 1.807) is 20.1 Å². The number of hydrogen-bond donors (Lipinski definition) is 1. The van der Waals surface area contributed by atoms with E-state index in [0.29, 0.717) is 23.9 Å². The van der Waals surface area contributed by atoms with Gasteiger partial charge in [0.2, 0.25) is 0 Å². The van der Waals surface area contributed by atoms with Gasteiger partial charge in [-0.05, 0) is 55.7 Å². The Kier molecular flexibility index (Phi) is 4.93. The zero-order valence-electron chi connectivity index (χ0n) is 16.0.